The molecule has 5 rings (SSSR count). The van der Waals surface area contributed by atoms with Crippen molar-refractivity contribution in [2.24, 2.45) is 0 Å². The van der Waals surface area contributed by atoms with Crippen molar-refractivity contribution in [1.29, 1.82) is 0 Å². The highest BCUT2D eigenvalue weighted by Gasteiger charge is 2.28. The van der Waals surface area contributed by atoms with E-state index in [9.17, 15) is 13.6 Å². The first-order valence-electron chi connectivity index (χ1n) is 11.2. The van der Waals surface area contributed by atoms with E-state index in [4.69, 9.17) is 9.72 Å². The molecule has 0 aliphatic carbocycles. The maximum atomic E-state index is 14.8. The molecule has 1 fully saturated rings. The molecule has 34 heavy (non-hydrogen) atoms. The van der Waals surface area contributed by atoms with E-state index in [0.29, 0.717) is 35.6 Å². The lowest BCUT2D eigenvalue weighted by molar-refractivity contribution is 0.00457. The first-order chi connectivity index (χ1) is 16.3. The van der Waals surface area contributed by atoms with Crippen LogP contribution in [0.2, 0.25) is 0 Å². The van der Waals surface area contributed by atoms with E-state index in [2.05, 4.69) is 9.97 Å². The van der Waals surface area contributed by atoms with Gasteiger partial charge in [0.05, 0.1) is 11.7 Å². The lowest BCUT2D eigenvalue weighted by Gasteiger charge is -2.30. The molecule has 0 N–H and O–H groups in total. The van der Waals surface area contributed by atoms with E-state index in [1.165, 1.54) is 10.5 Å². The Morgan fingerprint density at radius 3 is 2.65 bits per heavy atom. The van der Waals surface area contributed by atoms with Gasteiger partial charge in [-0.05, 0) is 63.4 Å². The molecule has 0 saturated carbocycles. The van der Waals surface area contributed by atoms with Gasteiger partial charge >= 0.3 is 0 Å². The molecule has 0 unspecified atom stereocenters. The van der Waals surface area contributed by atoms with Gasteiger partial charge in [0.1, 0.15) is 17.3 Å². The number of hydrogen-bond donors (Lipinski definition) is 0. The summed E-state index contributed by atoms with van der Waals surface area (Å²) in [4.78, 5) is 26.8. The van der Waals surface area contributed by atoms with Crippen LogP contribution in [0.1, 0.15) is 53.1 Å². The summed E-state index contributed by atoms with van der Waals surface area (Å²) in [6.45, 7) is 5.92. The third kappa shape index (κ3) is 3.98. The van der Waals surface area contributed by atoms with Crippen LogP contribution in [0.4, 0.5) is 8.78 Å². The molecule has 4 heterocycles. The van der Waals surface area contributed by atoms with E-state index in [1.54, 1.807) is 26.1 Å². The monoisotopic (exact) mass is 462 g/mol. The molecular weight excluding hydrogens is 438 g/mol. The summed E-state index contributed by atoms with van der Waals surface area (Å²) in [7, 11) is 0. The SMILES string of the molecule is Cc1cc([C@@H]2C[C@H](c3cc4nc(C)c(C)c(=O)n4c(-c4ccc(F)cc4F)n3)CCO2)ccn1. The quantitative estimate of drug-likeness (QED) is 0.429. The first-order valence-corrected chi connectivity index (χ1v) is 11.2. The minimum Gasteiger partial charge on any atom is -0.373 e. The van der Waals surface area contributed by atoms with Crippen molar-refractivity contribution in [2.75, 3.05) is 6.61 Å². The van der Waals surface area contributed by atoms with E-state index in [-0.39, 0.29) is 29.0 Å². The Balaban J connectivity index is 1.66. The number of fused-ring (bicyclic) bond motifs is 1. The normalized spacial score (nSPS) is 18.4. The van der Waals surface area contributed by atoms with Gasteiger partial charge in [-0.25, -0.2) is 23.1 Å². The minimum absolute atomic E-state index is 0.0120. The Hall–Kier alpha value is -3.52. The van der Waals surface area contributed by atoms with Gasteiger partial charge in [-0.2, -0.15) is 0 Å². The van der Waals surface area contributed by atoms with Crippen LogP contribution in [0.15, 0.2) is 47.4 Å². The summed E-state index contributed by atoms with van der Waals surface area (Å²) in [5, 5.41) is 0. The van der Waals surface area contributed by atoms with Crippen molar-refractivity contribution in [3.8, 4) is 11.4 Å². The number of aryl methyl sites for hydroxylation is 2. The number of benzene rings is 1. The predicted molar refractivity (Wildman–Crippen MR) is 124 cm³/mol. The van der Waals surface area contributed by atoms with Crippen LogP contribution in [-0.2, 0) is 4.74 Å². The van der Waals surface area contributed by atoms with Gasteiger partial charge in [0.25, 0.3) is 5.56 Å². The number of hydrogen-bond acceptors (Lipinski definition) is 5. The van der Waals surface area contributed by atoms with Crippen molar-refractivity contribution >= 4 is 5.65 Å². The molecule has 0 bridgehead atoms. The largest absolute Gasteiger partial charge is 0.373 e. The third-order valence-corrected chi connectivity index (χ3v) is 6.47. The number of pyridine rings is 1. The standard InChI is InChI=1S/C26H24F2N4O2/c1-14-10-18(6-8-29-14)23-11-17(7-9-34-23)22-13-24-30-16(3)15(2)26(33)32(24)25(31-22)20-5-4-19(27)12-21(20)28/h4-6,8,10,12-13,17,23H,7,9,11H2,1-3H3/t17-,23+/m1/s1. The van der Waals surface area contributed by atoms with Crippen LogP contribution in [0.3, 0.4) is 0 Å². The topological polar surface area (TPSA) is 69.4 Å². The second-order valence-corrected chi connectivity index (χ2v) is 8.76. The van der Waals surface area contributed by atoms with Gasteiger partial charge in [0, 0.05) is 53.5 Å². The Kier molecular flexibility index (Phi) is 5.69. The molecule has 0 radical (unpaired) electrons. The van der Waals surface area contributed by atoms with E-state index in [1.807, 2.05) is 19.1 Å². The number of nitrogens with zero attached hydrogens (tertiary/aromatic N) is 4. The zero-order valence-corrected chi connectivity index (χ0v) is 19.2. The maximum absolute atomic E-state index is 14.8. The van der Waals surface area contributed by atoms with E-state index >= 15 is 0 Å². The van der Waals surface area contributed by atoms with Crippen molar-refractivity contribution in [3.63, 3.8) is 0 Å². The van der Waals surface area contributed by atoms with Gasteiger partial charge in [-0.15, -0.1) is 0 Å². The molecule has 1 aliphatic rings. The van der Waals surface area contributed by atoms with Crippen LogP contribution < -0.4 is 5.56 Å². The number of ether oxygens (including phenoxy) is 1. The lowest BCUT2D eigenvalue weighted by atomic mass is 9.89. The molecule has 4 aromatic rings. The molecule has 1 aromatic carbocycles. The Morgan fingerprint density at radius 2 is 1.88 bits per heavy atom. The fourth-order valence-corrected chi connectivity index (χ4v) is 4.50. The van der Waals surface area contributed by atoms with Gasteiger partial charge in [0.15, 0.2) is 5.82 Å². The zero-order chi connectivity index (χ0) is 24.0. The Morgan fingerprint density at radius 1 is 1.06 bits per heavy atom. The fraction of sp³-hybridized carbons (Fsp3) is 0.308. The lowest BCUT2D eigenvalue weighted by Crippen LogP contribution is -2.24. The van der Waals surface area contributed by atoms with Crippen LogP contribution in [-0.4, -0.2) is 26.0 Å². The van der Waals surface area contributed by atoms with Gasteiger partial charge in [0.2, 0.25) is 0 Å². The molecule has 0 amide bonds. The summed E-state index contributed by atoms with van der Waals surface area (Å²) >= 11 is 0. The second kappa shape index (κ2) is 8.68. The first kappa shape index (κ1) is 22.3. The Bertz CT molecular complexity index is 1470. The minimum atomic E-state index is -0.784. The van der Waals surface area contributed by atoms with Crippen molar-refractivity contribution < 1.29 is 13.5 Å². The predicted octanol–water partition coefficient (Wildman–Crippen LogP) is 4.99. The van der Waals surface area contributed by atoms with Crippen LogP contribution in [0.5, 0.6) is 0 Å². The van der Waals surface area contributed by atoms with Crippen molar-refractivity contribution in [3.05, 3.63) is 92.8 Å². The molecule has 8 heteroatoms. The van der Waals surface area contributed by atoms with E-state index in [0.717, 1.165) is 29.8 Å². The van der Waals surface area contributed by atoms with Gasteiger partial charge < -0.3 is 4.74 Å². The van der Waals surface area contributed by atoms with Crippen LogP contribution in [0, 0.1) is 32.4 Å². The average Bonchev–Trinajstić information content (AvgIpc) is 2.82. The molecular formula is C26H24F2N4O2. The molecule has 2 atom stereocenters. The molecule has 174 valence electrons. The zero-order valence-electron chi connectivity index (χ0n) is 19.2. The summed E-state index contributed by atoms with van der Waals surface area (Å²) in [6.07, 6.45) is 3.04. The Labute approximate surface area is 195 Å². The summed E-state index contributed by atoms with van der Waals surface area (Å²) in [5.41, 5.74) is 3.83. The maximum Gasteiger partial charge on any atom is 0.262 e. The van der Waals surface area contributed by atoms with Crippen LogP contribution in [0.25, 0.3) is 17.0 Å². The van der Waals surface area contributed by atoms with Crippen molar-refractivity contribution in [2.45, 2.75) is 45.6 Å². The van der Waals surface area contributed by atoms with Crippen molar-refractivity contribution in [1.82, 2.24) is 19.4 Å². The molecule has 1 saturated heterocycles. The molecule has 6 nitrogen and oxygen atoms in total. The molecule has 1 aliphatic heterocycles. The fourth-order valence-electron chi connectivity index (χ4n) is 4.50. The summed E-state index contributed by atoms with van der Waals surface area (Å²) in [5.74, 6) is -1.35. The highest BCUT2D eigenvalue weighted by atomic mass is 19.1. The number of rotatable bonds is 3. The highest BCUT2D eigenvalue weighted by Crippen LogP contribution is 2.38. The number of halogens is 2. The van der Waals surface area contributed by atoms with E-state index < -0.39 is 11.6 Å². The molecule has 0 spiro atoms. The van der Waals surface area contributed by atoms with Gasteiger partial charge in [-0.1, -0.05) is 0 Å². The summed E-state index contributed by atoms with van der Waals surface area (Å²) < 4.78 is 35.8. The number of aromatic nitrogens is 4. The van der Waals surface area contributed by atoms with Crippen LogP contribution >= 0.6 is 0 Å². The average molecular weight is 463 g/mol. The second-order valence-electron chi connectivity index (χ2n) is 8.76. The van der Waals surface area contributed by atoms with Gasteiger partial charge in [-0.3, -0.25) is 9.78 Å². The summed E-state index contributed by atoms with van der Waals surface area (Å²) in [6, 6.07) is 9.02. The molecule has 3 aromatic heterocycles. The third-order valence-electron chi connectivity index (χ3n) is 6.47. The smallest absolute Gasteiger partial charge is 0.262 e. The highest BCUT2D eigenvalue weighted by molar-refractivity contribution is 5.61.